The molecule has 0 radical (unpaired) electrons. The molecule has 0 aromatic rings. The van der Waals surface area contributed by atoms with Crippen LogP contribution in [-0.2, 0) is 14.3 Å². The smallest absolute Gasteiger partial charge is 0.305 e. The summed E-state index contributed by atoms with van der Waals surface area (Å²) in [6, 6.07) is 0. The van der Waals surface area contributed by atoms with E-state index in [0.717, 1.165) is 0 Å². The Morgan fingerprint density at radius 3 is 2.17 bits per heavy atom. The van der Waals surface area contributed by atoms with Gasteiger partial charge in [-0.3, -0.25) is 4.79 Å². The van der Waals surface area contributed by atoms with Crippen LogP contribution in [0.5, 0.6) is 0 Å². The Balaban J connectivity index is 3.92. The number of likely N-dealkylation sites (N-methyl/N-ethyl adjacent to an activating group) is 1. The van der Waals surface area contributed by atoms with Crippen molar-refractivity contribution < 1.29 is 18.8 Å². The number of rotatable bonds is 4. The molecule has 0 bridgehead atoms. The maximum Gasteiger partial charge on any atom is 0.305 e. The van der Waals surface area contributed by atoms with E-state index in [-0.39, 0.29) is 5.97 Å². The molecule has 0 saturated carbocycles. The standard InChI is InChI=1S/C8H18NO3/c1-7(10)12-8(11-5)6-9(2,3)4/h8H,6H2,1-5H3/q+1. The highest BCUT2D eigenvalue weighted by molar-refractivity contribution is 5.66. The van der Waals surface area contributed by atoms with E-state index >= 15 is 0 Å². The Kier molecular flexibility index (Phi) is 4.20. The molecule has 72 valence electrons. The predicted octanol–water partition coefficient (Wildman–Crippen LogP) is 0.228. The number of nitrogens with zero attached hydrogens (tertiary/aromatic N) is 1. The summed E-state index contributed by atoms with van der Waals surface area (Å²) in [5.41, 5.74) is 0. The molecule has 0 aromatic carbocycles. The molecular weight excluding hydrogens is 158 g/mol. The molecule has 0 spiro atoms. The van der Waals surface area contributed by atoms with Gasteiger partial charge < -0.3 is 14.0 Å². The normalized spacial score (nSPS) is 14.1. The van der Waals surface area contributed by atoms with Gasteiger partial charge >= 0.3 is 5.97 Å². The molecule has 0 aromatic heterocycles. The summed E-state index contributed by atoms with van der Waals surface area (Å²) in [7, 11) is 7.56. The van der Waals surface area contributed by atoms with E-state index in [2.05, 4.69) is 0 Å². The summed E-state index contributed by atoms with van der Waals surface area (Å²) in [6.07, 6.45) is -0.442. The minimum absolute atomic E-state index is 0.310. The Hall–Kier alpha value is -0.610. The molecule has 0 aliphatic rings. The van der Waals surface area contributed by atoms with Gasteiger partial charge in [-0.1, -0.05) is 0 Å². The average molecular weight is 176 g/mol. The summed E-state index contributed by atoms with van der Waals surface area (Å²) in [4.78, 5) is 10.6. The van der Waals surface area contributed by atoms with Crippen molar-refractivity contribution in [2.75, 3.05) is 34.8 Å². The van der Waals surface area contributed by atoms with Crippen molar-refractivity contribution in [3.05, 3.63) is 0 Å². The molecule has 0 aliphatic carbocycles. The van der Waals surface area contributed by atoms with Gasteiger partial charge in [0.25, 0.3) is 6.29 Å². The van der Waals surface area contributed by atoms with E-state index in [1.165, 1.54) is 14.0 Å². The third-order valence-electron chi connectivity index (χ3n) is 1.26. The molecule has 0 N–H and O–H groups in total. The summed E-state index contributed by atoms with van der Waals surface area (Å²) in [5, 5.41) is 0. The van der Waals surface area contributed by atoms with Gasteiger partial charge in [0.1, 0.15) is 6.54 Å². The summed E-state index contributed by atoms with van der Waals surface area (Å²) >= 11 is 0. The molecule has 0 saturated heterocycles. The van der Waals surface area contributed by atoms with E-state index in [0.29, 0.717) is 11.0 Å². The van der Waals surface area contributed by atoms with Crippen LogP contribution in [0.2, 0.25) is 0 Å². The number of carbonyl (C=O) groups is 1. The lowest BCUT2D eigenvalue weighted by atomic mass is 10.5. The quantitative estimate of drug-likeness (QED) is 0.349. The number of carbonyl (C=O) groups excluding carboxylic acids is 1. The Labute approximate surface area is 73.7 Å². The molecule has 0 aliphatic heterocycles. The van der Waals surface area contributed by atoms with Gasteiger partial charge in [0.05, 0.1) is 21.1 Å². The monoisotopic (exact) mass is 176 g/mol. The SMILES string of the molecule is COC(C[N+](C)(C)C)OC(C)=O. The number of methoxy groups -OCH3 is 1. The van der Waals surface area contributed by atoms with Gasteiger partial charge in [-0.05, 0) is 0 Å². The van der Waals surface area contributed by atoms with Crippen molar-refractivity contribution in [2.24, 2.45) is 0 Å². The molecule has 0 heterocycles. The predicted molar refractivity (Wildman–Crippen MR) is 45.5 cm³/mol. The average Bonchev–Trinajstić information content (AvgIpc) is 1.82. The van der Waals surface area contributed by atoms with E-state index in [4.69, 9.17) is 9.47 Å². The Bertz CT molecular complexity index is 151. The first-order chi connectivity index (χ1) is 5.35. The highest BCUT2D eigenvalue weighted by Crippen LogP contribution is 2.00. The molecule has 1 atom stereocenters. The van der Waals surface area contributed by atoms with Crippen LogP contribution in [-0.4, -0.2) is 51.5 Å². The van der Waals surface area contributed by atoms with Crippen LogP contribution in [0.15, 0.2) is 0 Å². The second-order valence-corrected chi connectivity index (χ2v) is 3.75. The number of hydrogen-bond acceptors (Lipinski definition) is 3. The van der Waals surface area contributed by atoms with Crippen molar-refractivity contribution in [1.29, 1.82) is 0 Å². The molecule has 4 heteroatoms. The third-order valence-corrected chi connectivity index (χ3v) is 1.26. The Morgan fingerprint density at radius 1 is 1.42 bits per heavy atom. The molecule has 0 fully saturated rings. The lowest BCUT2D eigenvalue weighted by Gasteiger charge is -2.27. The second-order valence-electron chi connectivity index (χ2n) is 3.75. The third kappa shape index (κ3) is 6.12. The zero-order valence-electron chi connectivity index (χ0n) is 8.46. The highest BCUT2D eigenvalue weighted by Gasteiger charge is 2.19. The number of esters is 1. The van der Waals surface area contributed by atoms with Crippen LogP contribution in [0.1, 0.15) is 6.92 Å². The molecule has 4 nitrogen and oxygen atoms in total. The van der Waals surface area contributed by atoms with Crippen molar-refractivity contribution >= 4 is 5.97 Å². The lowest BCUT2D eigenvalue weighted by Crippen LogP contribution is -2.43. The fourth-order valence-electron chi connectivity index (χ4n) is 0.792. The fourth-order valence-corrected chi connectivity index (χ4v) is 0.792. The number of hydrogen-bond donors (Lipinski definition) is 0. The minimum atomic E-state index is -0.442. The number of quaternary nitrogens is 1. The van der Waals surface area contributed by atoms with Crippen LogP contribution < -0.4 is 0 Å². The van der Waals surface area contributed by atoms with Crippen LogP contribution in [0, 0.1) is 0 Å². The van der Waals surface area contributed by atoms with E-state index in [1.807, 2.05) is 21.1 Å². The van der Waals surface area contributed by atoms with Crippen LogP contribution in [0.25, 0.3) is 0 Å². The van der Waals surface area contributed by atoms with Gasteiger partial charge in [-0.15, -0.1) is 0 Å². The summed E-state index contributed by atoms with van der Waals surface area (Å²) in [5.74, 6) is -0.310. The van der Waals surface area contributed by atoms with Gasteiger partial charge in [-0.25, -0.2) is 0 Å². The maximum absolute atomic E-state index is 10.6. The zero-order valence-corrected chi connectivity index (χ0v) is 8.46. The lowest BCUT2D eigenvalue weighted by molar-refractivity contribution is -0.876. The topological polar surface area (TPSA) is 35.5 Å². The van der Waals surface area contributed by atoms with Gasteiger partial charge in [0.2, 0.25) is 0 Å². The van der Waals surface area contributed by atoms with Crippen molar-refractivity contribution in [3.8, 4) is 0 Å². The van der Waals surface area contributed by atoms with Crippen molar-refractivity contribution in [3.63, 3.8) is 0 Å². The van der Waals surface area contributed by atoms with Gasteiger partial charge in [0.15, 0.2) is 0 Å². The zero-order chi connectivity index (χ0) is 9.78. The van der Waals surface area contributed by atoms with E-state index in [1.54, 1.807) is 0 Å². The molecule has 1 unspecified atom stereocenters. The van der Waals surface area contributed by atoms with E-state index in [9.17, 15) is 4.79 Å². The highest BCUT2D eigenvalue weighted by atomic mass is 16.7. The van der Waals surface area contributed by atoms with Crippen LogP contribution in [0.4, 0.5) is 0 Å². The second kappa shape index (κ2) is 4.42. The van der Waals surface area contributed by atoms with Crippen LogP contribution >= 0.6 is 0 Å². The first kappa shape index (κ1) is 11.4. The van der Waals surface area contributed by atoms with Gasteiger partial charge in [-0.2, -0.15) is 0 Å². The number of ether oxygens (including phenoxy) is 2. The molecular formula is C8H18NO3+. The summed E-state index contributed by atoms with van der Waals surface area (Å²) in [6.45, 7) is 2.03. The maximum atomic E-state index is 10.6. The van der Waals surface area contributed by atoms with E-state index < -0.39 is 6.29 Å². The van der Waals surface area contributed by atoms with Crippen LogP contribution in [0.3, 0.4) is 0 Å². The minimum Gasteiger partial charge on any atom is -0.430 e. The Morgan fingerprint density at radius 2 is 1.92 bits per heavy atom. The van der Waals surface area contributed by atoms with Crippen molar-refractivity contribution in [1.82, 2.24) is 0 Å². The van der Waals surface area contributed by atoms with Gasteiger partial charge in [0, 0.05) is 14.0 Å². The first-order valence-corrected chi connectivity index (χ1v) is 3.85. The first-order valence-electron chi connectivity index (χ1n) is 3.85. The molecule has 12 heavy (non-hydrogen) atoms. The van der Waals surface area contributed by atoms with Crippen molar-refractivity contribution in [2.45, 2.75) is 13.2 Å². The molecule has 0 amide bonds. The summed E-state index contributed by atoms with van der Waals surface area (Å²) < 4.78 is 10.6. The largest absolute Gasteiger partial charge is 0.430 e. The molecule has 0 rings (SSSR count). The fraction of sp³-hybridized carbons (Fsp3) is 0.875.